The number of rotatable bonds is 2. The van der Waals surface area contributed by atoms with E-state index in [4.69, 9.17) is 5.11 Å². The summed E-state index contributed by atoms with van der Waals surface area (Å²) in [6, 6.07) is 0. The number of hydrogen-bond donors (Lipinski definition) is 1. The fourth-order valence-corrected chi connectivity index (χ4v) is 2.03. The van der Waals surface area contributed by atoms with Gasteiger partial charge in [0.05, 0.1) is 18.9 Å². The van der Waals surface area contributed by atoms with E-state index in [1.54, 1.807) is 0 Å². The minimum absolute atomic E-state index is 0.192. The summed E-state index contributed by atoms with van der Waals surface area (Å²) in [5, 5.41) is 7.96. The standard InChI is InChI=1S/C9H10O3.C5H6O4/c1-5-2-3-6-7(4-5)9(11)12-8(6)10;1-9-5(8)3-2-4(6)7/h2,6-7H,3-4H2,1H3;2-3H,1H3,(H,6,7)/b;3-2-. The molecule has 1 N–H and O–H groups in total. The molecule has 2 aliphatic rings. The molecule has 7 heteroatoms. The van der Waals surface area contributed by atoms with Gasteiger partial charge in [0.15, 0.2) is 0 Å². The first-order chi connectivity index (χ1) is 9.85. The van der Waals surface area contributed by atoms with Crippen LogP contribution in [0.4, 0.5) is 0 Å². The van der Waals surface area contributed by atoms with Gasteiger partial charge in [0.1, 0.15) is 0 Å². The van der Waals surface area contributed by atoms with Gasteiger partial charge in [0, 0.05) is 12.2 Å². The van der Waals surface area contributed by atoms with E-state index in [1.165, 1.54) is 12.7 Å². The van der Waals surface area contributed by atoms with Crippen LogP contribution in [0.15, 0.2) is 23.8 Å². The number of carbonyl (C=O) groups is 4. The minimum Gasteiger partial charge on any atom is -0.478 e. The maximum atomic E-state index is 11.1. The van der Waals surface area contributed by atoms with E-state index < -0.39 is 11.9 Å². The number of fused-ring (bicyclic) bond motifs is 1. The third kappa shape index (κ3) is 4.87. The number of carboxylic acids is 1. The average molecular weight is 296 g/mol. The predicted octanol–water partition coefficient (Wildman–Crippen LogP) is 0.843. The largest absolute Gasteiger partial charge is 0.478 e. The number of cyclic esters (lactones) is 2. The van der Waals surface area contributed by atoms with Gasteiger partial charge >= 0.3 is 23.9 Å². The zero-order valence-corrected chi connectivity index (χ0v) is 11.7. The van der Waals surface area contributed by atoms with Crippen molar-refractivity contribution >= 4 is 23.9 Å². The number of ether oxygens (including phenoxy) is 2. The molecule has 1 aliphatic heterocycles. The Hall–Kier alpha value is -2.44. The van der Waals surface area contributed by atoms with Crippen molar-refractivity contribution in [2.75, 3.05) is 7.11 Å². The van der Waals surface area contributed by atoms with E-state index in [-0.39, 0.29) is 23.8 Å². The topological polar surface area (TPSA) is 107 Å². The molecule has 0 bridgehead atoms. The summed E-state index contributed by atoms with van der Waals surface area (Å²) < 4.78 is 8.66. The van der Waals surface area contributed by atoms with Crippen LogP contribution in [0, 0.1) is 11.8 Å². The first-order valence-electron chi connectivity index (χ1n) is 6.25. The lowest BCUT2D eigenvalue weighted by Gasteiger charge is -2.17. The van der Waals surface area contributed by atoms with Crippen molar-refractivity contribution in [3.8, 4) is 0 Å². The van der Waals surface area contributed by atoms with Crippen LogP contribution < -0.4 is 0 Å². The highest BCUT2D eigenvalue weighted by atomic mass is 16.6. The Morgan fingerprint density at radius 3 is 2.48 bits per heavy atom. The van der Waals surface area contributed by atoms with Gasteiger partial charge in [-0.25, -0.2) is 9.59 Å². The maximum absolute atomic E-state index is 11.1. The Balaban J connectivity index is 0.000000222. The van der Waals surface area contributed by atoms with Gasteiger partial charge in [-0.05, 0) is 19.8 Å². The van der Waals surface area contributed by atoms with Crippen LogP contribution in [0.1, 0.15) is 19.8 Å². The van der Waals surface area contributed by atoms with E-state index >= 15 is 0 Å². The second-order valence-corrected chi connectivity index (χ2v) is 4.64. The molecule has 0 radical (unpaired) electrons. The molecule has 0 aromatic carbocycles. The molecular weight excluding hydrogens is 280 g/mol. The zero-order chi connectivity index (χ0) is 16.0. The van der Waals surface area contributed by atoms with Crippen LogP contribution in [0.25, 0.3) is 0 Å². The van der Waals surface area contributed by atoms with Crippen molar-refractivity contribution in [1.29, 1.82) is 0 Å². The van der Waals surface area contributed by atoms with Crippen molar-refractivity contribution in [3.05, 3.63) is 23.8 Å². The van der Waals surface area contributed by atoms with E-state index in [1.807, 2.05) is 13.0 Å². The van der Waals surface area contributed by atoms with Gasteiger partial charge in [-0.1, -0.05) is 11.6 Å². The molecule has 2 rings (SSSR count). The minimum atomic E-state index is -1.17. The van der Waals surface area contributed by atoms with Crippen molar-refractivity contribution in [1.82, 2.24) is 0 Å². The molecule has 2 atom stereocenters. The first-order valence-corrected chi connectivity index (χ1v) is 6.25. The maximum Gasteiger partial charge on any atom is 0.330 e. The van der Waals surface area contributed by atoms with Gasteiger partial charge in [-0.15, -0.1) is 0 Å². The number of esters is 3. The number of aliphatic carboxylic acids is 1. The smallest absolute Gasteiger partial charge is 0.330 e. The summed E-state index contributed by atoms with van der Waals surface area (Å²) in [7, 11) is 1.18. The van der Waals surface area contributed by atoms with Gasteiger partial charge in [0.2, 0.25) is 0 Å². The number of hydrogen-bond acceptors (Lipinski definition) is 6. The number of allylic oxidation sites excluding steroid dienone is 2. The highest BCUT2D eigenvalue weighted by Crippen LogP contribution is 2.35. The van der Waals surface area contributed by atoms with Crippen molar-refractivity contribution in [2.24, 2.45) is 11.8 Å². The van der Waals surface area contributed by atoms with Gasteiger partial charge in [0.25, 0.3) is 0 Å². The summed E-state index contributed by atoms with van der Waals surface area (Å²) in [4.78, 5) is 42.0. The third-order valence-corrected chi connectivity index (χ3v) is 3.12. The van der Waals surface area contributed by atoms with Crippen LogP contribution in [-0.2, 0) is 28.7 Å². The molecule has 114 valence electrons. The molecule has 1 heterocycles. The van der Waals surface area contributed by atoms with Crippen LogP contribution in [0.2, 0.25) is 0 Å². The van der Waals surface area contributed by atoms with Crippen molar-refractivity contribution < 1.29 is 33.8 Å². The van der Waals surface area contributed by atoms with Gasteiger partial charge < -0.3 is 14.6 Å². The van der Waals surface area contributed by atoms with Crippen molar-refractivity contribution in [2.45, 2.75) is 19.8 Å². The van der Waals surface area contributed by atoms with E-state index in [9.17, 15) is 19.2 Å². The Bertz CT molecular complexity index is 515. The third-order valence-electron chi connectivity index (χ3n) is 3.12. The van der Waals surface area contributed by atoms with Crippen LogP contribution in [0.5, 0.6) is 0 Å². The van der Waals surface area contributed by atoms with Gasteiger partial charge in [-0.2, -0.15) is 0 Å². The Morgan fingerprint density at radius 2 is 1.90 bits per heavy atom. The summed E-state index contributed by atoms with van der Waals surface area (Å²) in [6.07, 6.45) is 4.92. The summed E-state index contributed by atoms with van der Waals surface area (Å²) in [5.74, 6) is -2.90. The predicted molar refractivity (Wildman–Crippen MR) is 69.9 cm³/mol. The lowest BCUT2D eigenvalue weighted by Crippen LogP contribution is -2.20. The molecule has 0 spiro atoms. The van der Waals surface area contributed by atoms with Crippen molar-refractivity contribution in [3.63, 3.8) is 0 Å². The highest BCUT2D eigenvalue weighted by Gasteiger charge is 2.44. The molecule has 0 amide bonds. The van der Waals surface area contributed by atoms with E-state index in [0.29, 0.717) is 18.9 Å². The Kier molecular flexibility index (Phi) is 5.83. The Labute approximate surface area is 121 Å². The SMILES string of the molecule is CC1=CCC2C(=O)OC(=O)C2C1.COC(=O)/C=C\C(=O)O. The van der Waals surface area contributed by atoms with Crippen LogP contribution >= 0.6 is 0 Å². The molecule has 0 aromatic rings. The second-order valence-electron chi connectivity index (χ2n) is 4.64. The molecule has 0 saturated carbocycles. The van der Waals surface area contributed by atoms with E-state index in [0.717, 1.165) is 6.08 Å². The monoisotopic (exact) mass is 296 g/mol. The fraction of sp³-hybridized carbons (Fsp3) is 0.429. The van der Waals surface area contributed by atoms with E-state index in [2.05, 4.69) is 9.47 Å². The number of carbonyl (C=O) groups excluding carboxylic acids is 3. The number of carboxylic acid groups (broad SMARTS) is 1. The molecule has 1 aliphatic carbocycles. The summed E-state index contributed by atoms with van der Waals surface area (Å²) >= 11 is 0. The first kappa shape index (κ1) is 16.6. The quantitative estimate of drug-likeness (QED) is 0.348. The van der Waals surface area contributed by atoms with Crippen LogP contribution in [0.3, 0.4) is 0 Å². The molecule has 1 fully saturated rings. The molecule has 7 nitrogen and oxygen atoms in total. The lowest BCUT2D eigenvalue weighted by atomic mass is 9.82. The van der Waals surface area contributed by atoms with Crippen LogP contribution in [-0.4, -0.2) is 36.1 Å². The molecule has 2 unspecified atom stereocenters. The normalized spacial score (nSPS) is 23.6. The Morgan fingerprint density at radius 1 is 1.29 bits per heavy atom. The number of methoxy groups -OCH3 is 1. The fourth-order valence-electron chi connectivity index (χ4n) is 2.03. The summed E-state index contributed by atoms with van der Waals surface area (Å²) in [5.41, 5.74) is 1.18. The lowest BCUT2D eigenvalue weighted by molar-refractivity contribution is -0.153. The summed E-state index contributed by atoms with van der Waals surface area (Å²) in [6.45, 7) is 1.98. The average Bonchev–Trinajstić information content (AvgIpc) is 2.71. The molecular formula is C14H16O7. The zero-order valence-electron chi connectivity index (χ0n) is 11.7. The molecule has 21 heavy (non-hydrogen) atoms. The molecule has 1 saturated heterocycles. The second kappa shape index (κ2) is 7.37. The molecule has 0 aromatic heterocycles. The highest BCUT2D eigenvalue weighted by molar-refractivity contribution is 5.97. The van der Waals surface area contributed by atoms with Gasteiger partial charge in [-0.3, -0.25) is 9.59 Å².